The first-order valence-electron chi connectivity index (χ1n) is 5.86. The number of likely N-dealkylation sites (tertiary alicyclic amines) is 1. The van der Waals surface area contributed by atoms with Crippen LogP contribution in [0.1, 0.15) is 27.2 Å². The van der Waals surface area contributed by atoms with Gasteiger partial charge in [0.25, 0.3) is 0 Å². The van der Waals surface area contributed by atoms with Gasteiger partial charge in [-0.2, -0.15) is 13.2 Å². The van der Waals surface area contributed by atoms with Gasteiger partial charge in [-0.05, 0) is 27.2 Å². The van der Waals surface area contributed by atoms with E-state index in [1.165, 1.54) is 20.8 Å². The van der Waals surface area contributed by atoms with Gasteiger partial charge < -0.3 is 4.90 Å². The van der Waals surface area contributed by atoms with Crippen molar-refractivity contribution in [3.8, 4) is 0 Å². The van der Waals surface area contributed by atoms with Gasteiger partial charge in [0.1, 0.15) is 5.25 Å². The molecular formula is C11H18F3NO3S. The fraction of sp³-hybridized carbons (Fsp3) is 0.909. The molecule has 1 rings (SSSR count). The lowest BCUT2D eigenvalue weighted by molar-refractivity contribution is -0.192. The Balaban J connectivity index is 3.03. The second kappa shape index (κ2) is 4.64. The number of halogens is 3. The number of carbonyl (C=O) groups excluding carboxylic acids is 1. The summed E-state index contributed by atoms with van der Waals surface area (Å²) in [6.45, 7) is 3.78. The molecule has 0 spiro atoms. The highest BCUT2D eigenvalue weighted by Crippen LogP contribution is 2.45. The predicted molar refractivity (Wildman–Crippen MR) is 64.3 cm³/mol. The molecule has 0 aromatic carbocycles. The van der Waals surface area contributed by atoms with Crippen LogP contribution < -0.4 is 0 Å². The summed E-state index contributed by atoms with van der Waals surface area (Å²) < 4.78 is 61.3. The van der Waals surface area contributed by atoms with E-state index in [4.69, 9.17) is 0 Å². The molecule has 19 heavy (non-hydrogen) atoms. The smallest absolute Gasteiger partial charge is 0.336 e. The van der Waals surface area contributed by atoms with Gasteiger partial charge in [-0.3, -0.25) is 4.79 Å². The third-order valence-electron chi connectivity index (χ3n) is 3.84. The van der Waals surface area contributed by atoms with E-state index in [2.05, 4.69) is 0 Å². The number of nitrogens with zero attached hydrogens (tertiary/aromatic N) is 1. The van der Waals surface area contributed by atoms with E-state index in [-0.39, 0.29) is 13.0 Å². The Hall–Kier alpha value is -0.790. The van der Waals surface area contributed by atoms with Crippen LogP contribution in [0.5, 0.6) is 0 Å². The van der Waals surface area contributed by atoms with Crippen LogP contribution in [-0.4, -0.2) is 49.0 Å². The van der Waals surface area contributed by atoms with Crippen LogP contribution in [0.2, 0.25) is 0 Å². The zero-order chi connectivity index (χ0) is 15.2. The molecule has 8 heteroatoms. The average molecular weight is 301 g/mol. The van der Waals surface area contributed by atoms with Crippen LogP contribution in [0.15, 0.2) is 0 Å². The lowest BCUT2D eigenvalue weighted by Gasteiger charge is -2.37. The summed E-state index contributed by atoms with van der Waals surface area (Å²) in [5.41, 5.74) is -1.42. The summed E-state index contributed by atoms with van der Waals surface area (Å²) in [7, 11) is -3.62. The van der Waals surface area contributed by atoms with Crippen LogP contribution >= 0.6 is 0 Å². The molecule has 0 aromatic heterocycles. The van der Waals surface area contributed by atoms with Crippen molar-refractivity contribution in [2.75, 3.05) is 12.8 Å². The van der Waals surface area contributed by atoms with Crippen molar-refractivity contribution >= 4 is 15.7 Å². The Morgan fingerprint density at radius 3 is 2.16 bits per heavy atom. The Bertz CT molecular complexity index is 470. The third-order valence-corrected chi connectivity index (χ3v) is 5.33. The second-order valence-corrected chi connectivity index (χ2v) is 7.86. The van der Waals surface area contributed by atoms with E-state index in [1.807, 2.05) is 0 Å². The van der Waals surface area contributed by atoms with Crippen LogP contribution in [0.3, 0.4) is 0 Å². The zero-order valence-corrected chi connectivity index (χ0v) is 12.1. The van der Waals surface area contributed by atoms with Crippen molar-refractivity contribution in [1.29, 1.82) is 0 Å². The van der Waals surface area contributed by atoms with Crippen molar-refractivity contribution in [1.82, 2.24) is 4.90 Å². The molecule has 0 N–H and O–H groups in total. The predicted octanol–water partition coefficient (Wildman–Crippen LogP) is 1.61. The van der Waals surface area contributed by atoms with Crippen LogP contribution in [0.25, 0.3) is 0 Å². The van der Waals surface area contributed by atoms with Gasteiger partial charge in [-0.15, -0.1) is 0 Å². The lowest BCUT2D eigenvalue weighted by Crippen LogP contribution is -2.53. The minimum atomic E-state index is -4.40. The number of alkyl halides is 3. The number of rotatable bonds is 2. The molecule has 0 saturated carbocycles. The second-order valence-electron chi connectivity index (χ2n) is 5.50. The molecule has 1 heterocycles. The van der Waals surface area contributed by atoms with Crippen LogP contribution in [0.4, 0.5) is 13.2 Å². The fourth-order valence-electron chi connectivity index (χ4n) is 2.45. The van der Waals surface area contributed by atoms with E-state index < -0.39 is 38.6 Å². The van der Waals surface area contributed by atoms with Gasteiger partial charge in [0.2, 0.25) is 5.91 Å². The molecule has 112 valence electrons. The fourth-order valence-corrected chi connectivity index (χ4v) is 2.94. The first-order valence-corrected chi connectivity index (χ1v) is 7.82. The molecule has 1 aliphatic heterocycles. The molecule has 0 radical (unpaired) electrons. The van der Waals surface area contributed by atoms with Crippen molar-refractivity contribution in [2.45, 2.75) is 44.2 Å². The molecule has 1 amide bonds. The minimum Gasteiger partial charge on any atom is -0.336 e. The van der Waals surface area contributed by atoms with Crippen molar-refractivity contribution in [2.24, 2.45) is 5.92 Å². The maximum Gasteiger partial charge on any atom is 0.394 e. The van der Waals surface area contributed by atoms with Gasteiger partial charge in [0, 0.05) is 18.3 Å². The summed E-state index contributed by atoms with van der Waals surface area (Å²) in [6, 6.07) is 0. The number of amides is 1. The highest BCUT2D eigenvalue weighted by atomic mass is 32.2. The summed E-state index contributed by atoms with van der Waals surface area (Å²) in [6.07, 6.45) is -3.69. The average Bonchev–Trinajstić information content (AvgIpc) is 2.49. The lowest BCUT2D eigenvalue weighted by atomic mass is 9.88. The number of carbonyl (C=O) groups is 1. The number of hydrogen-bond donors (Lipinski definition) is 0. The third kappa shape index (κ3) is 3.04. The Morgan fingerprint density at radius 2 is 1.84 bits per heavy atom. The molecule has 0 aliphatic carbocycles. The van der Waals surface area contributed by atoms with Gasteiger partial charge in [-0.1, -0.05) is 0 Å². The van der Waals surface area contributed by atoms with E-state index in [9.17, 15) is 26.4 Å². The summed E-state index contributed by atoms with van der Waals surface area (Å²) in [4.78, 5) is 13.1. The Labute approximate surface area is 110 Å². The molecule has 1 fully saturated rings. The zero-order valence-electron chi connectivity index (χ0n) is 11.3. The van der Waals surface area contributed by atoms with Gasteiger partial charge in [-0.25, -0.2) is 8.42 Å². The Morgan fingerprint density at radius 1 is 1.37 bits per heavy atom. The summed E-state index contributed by atoms with van der Waals surface area (Å²) in [5.74, 6) is -2.39. The van der Waals surface area contributed by atoms with E-state index in [0.717, 1.165) is 11.2 Å². The molecule has 1 saturated heterocycles. The monoisotopic (exact) mass is 301 g/mol. The number of sulfone groups is 1. The van der Waals surface area contributed by atoms with Crippen molar-refractivity contribution in [3.63, 3.8) is 0 Å². The van der Waals surface area contributed by atoms with Crippen molar-refractivity contribution in [3.05, 3.63) is 0 Å². The first kappa shape index (κ1) is 16.3. The molecule has 1 aliphatic rings. The highest BCUT2D eigenvalue weighted by molar-refractivity contribution is 7.92. The first-order chi connectivity index (χ1) is 8.29. The maximum absolute atomic E-state index is 12.9. The minimum absolute atomic E-state index is 0.0735. The summed E-state index contributed by atoms with van der Waals surface area (Å²) >= 11 is 0. The standard InChI is InChI=1S/C11H18F3NO3S/c1-7(19(4,17)18)9(16)15-6-5-8(10(15,2)3)11(12,13)14/h7-8H,5-6H2,1-4H3. The topological polar surface area (TPSA) is 54.5 Å². The quantitative estimate of drug-likeness (QED) is 0.778. The molecule has 0 bridgehead atoms. The molecule has 4 nitrogen and oxygen atoms in total. The van der Waals surface area contributed by atoms with Gasteiger partial charge in [0.05, 0.1) is 5.92 Å². The molecule has 2 atom stereocenters. The van der Waals surface area contributed by atoms with Crippen LogP contribution in [0, 0.1) is 5.92 Å². The van der Waals surface area contributed by atoms with Gasteiger partial charge >= 0.3 is 6.18 Å². The van der Waals surface area contributed by atoms with Crippen molar-refractivity contribution < 1.29 is 26.4 Å². The largest absolute Gasteiger partial charge is 0.394 e. The van der Waals surface area contributed by atoms with E-state index in [1.54, 1.807) is 0 Å². The number of hydrogen-bond acceptors (Lipinski definition) is 3. The molecule has 2 unspecified atom stereocenters. The highest BCUT2D eigenvalue weighted by Gasteiger charge is 2.56. The normalized spacial score (nSPS) is 25.4. The molecular weight excluding hydrogens is 283 g/mol. The SMILES string of the molecule is CC(C(=O)N1CCC(C(F)(F)F)C1(C)C)S(C)(=O)=O. The van der Waals surface area contributed by atoms with E-state index in [0.29, 0.717) is 0 Å². The molecule has 0 aromatic rings. The maximum atomic E-state index is 12.9. The van der Waals surface area contributed by atoms with E-state index >= 15 is 0 Å². The Kier molecular flexibility index (Phi) is 3.97. The van der Waals surface area contributed by atoms with Gasteiger partial charge in [0.15, 0.2) is 9.84 Å². The summed E-state index contributed by atoms with van der Waals surface area (Å²) in [5, 5.41) is -1.32. The van der Waals surface area contributed by atoms with Crippen LogP contribution in [-0.2, 0) is 14.6 Å².